The van der Waals surface area contributed by atoms with Crippen LogP contribution in [0.1, 0.15) is 13.8 Å². The number of hydrogen-bond donors (Lipinski definition) is 0. The first-order valence-electron chi connectivity index (χ1n) is 5.65. The maximum Gasteiger partial charge on any atom is 0.329 e. The van der Waals surface area contributed by atoms with Gasteiger partial charge in [-0.05, 0) is 18.1 Å². The van der Waals surface area contributed by atoms with E-state index in [0.29, 0.717) is 19.1 Å². The van der Waals surface area contributed by atoms with E-state index in [2.05, 4.69) is 0 Å². The maximum atomic E-state index is 10.8. The summed E-state index contributed by atoms with van der Waals surface area (Å²) in [5.74, 6) is 0.617. The predicted octanol–water partition coefficient (Wildman–Crippen LogP) is 3.30. The predicted molar refractivity (Wildman–Crippen MR) is 69.3 cm³/mol. The van der Waals surface area contributed by atoms with Gasteiger partial charge in [0.25, 0.3) is 0 Å². The molecule has 100 valence electrons. The monoisotopic (exact) mass is 273 g/mol. The summed E-state index contributed by atoms with van der Waals surface area (Å²) >= 11 is 5.75. The summed E-state index contributed by atoms with van der Waals surface area (Å²) in [4.78, 5) is 10.3. The van der Waals surface area contributed by atoms with Crippen molar-refractivity contribution >= 4 is 17.3 Å². The smallest absolute Gasteiger partial charge is 0.329 e. The molecular weight excluding hydrogens is 258 g/mol. The first-order chi connectivity index (χ1) is 8.52. The highest BCUT2D eigenvalue weighted by atomic mass is 35.5. The van der Waals surface area contributed by atoms with Crippen LogP contribution in [0.3, 0.4) is 0 Å². The highest BCUT2D eigenvalue weighted by Gasteiger charge is 2.19. The second-order valence-electron chi connectivity index (χ2n) is 4.16. The Kier molecular flexibility index (Phi) is 5.88. The Balaban J connectivity index is 2.52. The van der Waals surface area contributed by atoms with Gasteiger partial charge in [0, 0.05) is 6.61 Å². The van der Waals surface area contributed by atoms with Gasteiger partial charge in [-0.25, -0.2) is 0 Å². The van der Waals surface area contributed by atoms with Gasteiger partial charge in [0.2, 0.25) is 0 Å². The van der Waals surface area contributed by atoms with Crippen LogP contribution in [0.2, 0.25) is 5.02 Å². The molecule has 0 atom stereocenters. The van der Waals surface area contributed by atoms with Crippen molar-refractivity contribution < 1.29 is 14.4 Å². The Morgan fingerprint density at radius 2 is 2.11 bits per heavy atom. The third-order valence-corrected chi connectivity index (χ3v) is 2.37. The number of nitro benzene ring substituents is 1. The Labute approximate surface area is 111 Å². The third-order valence-electron chi connectivity index (χ3n) is 2.07. The van der Waals surface area contributed by atoms with Gasteiger partial charge >= 0.3 is 5.69 Å². The van der Waals surface area contributed by atoms with Crippen molar-refractivity contribution in [3.8, 4) is 5.75 Å². The van der Waals surface area contributed by atoms with Gasteiger partial charge in [-0.3, -0.25) is 10.1 Å². The van der Waals surface area contributed by atoms with Crippen molar-refractivity contribution in [3.63, 3.8) is 0 Å². The van der Waals surface area contributed by atoms with E-state index in [1.165, 1.54) is 12.1 Å². The minimum atomic E-state index is -0.549. The van der Waals surface area contributed by atoms with Crippen LogP contribution in [0.25, 0.3) is 0 Å². The number of benzene rings is 1. The molecule has 0 bridgehead atoms. The van der Waals surface area contributed by atoms with Gasteiger partial charge in [-0.1, -0.05) is 31.5 Å². The molecule has 0 aliphatic carbocycles. The number of rotatable bonds is 7. The fourth-order valence-electron chi connectivity index (χ4n) is 1.32. The first kappa shape index (κ1) is 14.7. The summed E-state index contributed by atoms with van der Waals surface area (Å²) in [5, 5.41) is 10.9. The lowest BCUT2D eigenvalue weighted by molar-refractivity contribution is -0.385. The fraction of sp³-hybridized carbons (Fsp3) is 0.500. The van der Waals surface area contributed by atoms with Crippen LogP contribution >= 0.6 is 11.6 Å². The number of nitro groups is 1. The summed E-state index contributed by atoms with van der Waals surface area (Å²) in [5.41, 5.74) is -0.206. The zero-order valence-corrected chi connectivity index (χ0v) is 11.1. The third kappa shape index (κ3) is 4.50. The molecule has 18 heavy (non-hydrogen) atoms. The van der Waals surface area contributed by atoms with Gasteiger partial charge in [0.1, 0.15) is 11.6 Å². The van der Waals surface area contributed by atoms with E-state index < -0.39 is 4.92 Å². The average molecular weight is 274 g/mol. The molecule has 5 nitrogen and oxygen atoms in total. The number of nitrogens with zero attached hydrogens (tertiary/aromatic N) is 1. The molecule has 0 N–H and O–H groups in total. The molecule has 1 rings (SSSR count). The van der Waals surface area contributed by atoms with Gasteiger partial charge in [-0.15, -0.1) is 0 Å². The fourth-order valence-corrected chi connectivity index (χ4v) is 1.55. The van der Waals surface area contributed by atoms with Gasteiger partial charge in [0.15, 0.2) is 5.75 Å². The van der Waals surface area contributed by atoms with Crippen LogP contribution in [0, 0.1) is 16.0 Å². The Hall–Kier alpha value is -1.33. The highest BCUT2D eigenvalue weighted by Crippen LogP contribution is 2.33. The van der Waals surface area contributed by atoms with Gasteiger partial charge in [0.05, 0.1) is 11.5 Å². The average Bonchev–Trinajstić information content (AvgIpc) is 2.27. The molecule has 1 aromatic rings. The lowest BCUT2D eigenvalue weighted by atomic mass is 10.2. The quantitative estimate of drug-likeness (QED) is 0.434. The number of hydrogen-bond acceptors (Lipinski definition) is 4. The van der Waals surface area contributed by atoms with Crippen LogP contribution in [-0.4, -0.2) is 24.7 Å². The van der Waals surface area contributed by atoms with Crippen molar-refractivity contribution in [1.82, 2.24) is 0 Å². The van der Waals surface area contributed by atoms with Crippen molar-refractivity contribution in [2.45, 2.75) is 13.8 Å². The van der Waals surface area contributed by atoms with E-state index in [0.717, 1.165) is 0 Å². The molecule has 0 saturated heterocycles. The molecule has 0 aromatic heterocycles. The van der Waals surface area contributed by atoms with E-state index in [1.54, 1.807) is 6.07 Å². The molecule has 1 aromatic carbocycles. The number of ether oxygens (including phenoxy) is 2. The number of para-hydroxylation sites is 1. The second-order valence-corrected chi connectivity index (χ2v) is 4.57. The lowest BCUT2D eigenvalue weighted by Gasteiger charge is -2.09. The Morgan fingerprint density at radius 3 is 2.72 bits per heavy atom. The molecule has 0 spiro atoms. The topological polar surface area (TPSA) is 61.6 Å². The molecule has 0 unspecified atom stereocenters. The molecule has 0 radical (unpaired) electrons. The minimum absolute atomic E-state index is 0.0700. The van der Waals surface area contributed by atoms with Crippen LogP contribution in [0.5, 0.6) is 5.75 Å². The van der Waals surface area contributed by atoms with Crippen LogP contribution in [0.4, 0.5) is 5.69 Å². The van der Waals surface area contributed by atoms with E-state index in [9.17, 15) is 10.1 Å². The SMILES string of the molecule is CC(C)COCCOc1cccc(Cl)c1[N+](=O)[O-]. The van der Waals surface area contributed by atoms with Gasteiger partial charge in [-0.2, -0.15) is 0 Å². The zero-order chi connectivity index (χ0) is 13.5. The largest absolute Gasteiger partial charge is 0.484 e. The Morgan fingerprint density at radius 1 is 1.39 bits per heavy atom. The van der Waals surface area contributed by atoms with Crippen LogP contribution in [0.15, 0.2) is 18.2 Å². The molecule has 0 fully saturated rings. The van der Waals surface area contributed by atoms with Crippen molar-refractivity contribution in [2.24, 2.45) is 5.92 Å². The molecule has 0 heterocycles. The Bertz CT molecular complexity index is 409. The molecule has 0 saturated carbocycles. The summed E-state index contributed by atoms with van der Waals surface area (Å²) < 4.78 is 10.6. The van der Waals surface area contributed by atoms with Crippen LogP contribution < -0.4 is 4.74 Å². The maximum absolute atomic E-state index is 10.8. The molecule has 6 heteroatoms. The molecular formula is C12H16ClNO4. The summed E-state index contributed by atoms with van der Waals surface area (Å²) in [7, 11) is 0. The second kappa shape index (κ2) is 7.18. The van der Waals surface area contributed by atoms with Crippen molar-refractivity contribution in [3.05, 3.63) is 33.3 Å². The number of halogens is 1. The van der Waals surface area contributed by atoms with E-state index in [4.69, 9.17) is 21.1 Å². The first-order valence-corrected chi connectivity index (χ1v) is 6.03. The molecule has 0 aliphatic rings. The van der Waals surface area contributed by atoms with E-state index >= 15 is 0 Å². The highest BCUT2D eigenvalue weighted by molar-refractivity contribution is 6.32. The zero-order valence-electron chi connectivity index (χ0n) is 10.4. The van der Waals surface area contributed by atoms with E-state index in [-0.39, 0.29) is 23.1 Å². The molecule has 0 aliphatic heterocycles. The lowest BCUT2D eigenvalue weighted by Crippen LogP contribution is -2.10. The summed E-state index contributed by atoms with van der Waals surface area (Å²) in [6.07, 6.45) is 0. The minimum Gasteiger partial charge on any atom is -0.484 e. The van der Waals surface area contributed by atoms with Crippen molar-refractivity contribution in [2.75, 3.05) is 19.8 Å². The standard InChI is InChI=1S/C12H16ClNO4/c1-9(2)8-17-6-7-18-11-5-3-4-10(13)12(11)14(15)16/h3-5,9H,6-8H2,1-2H3. The summed E-state index contributed by atoms with van der Waals surface area (Å²) in [6.45, 7) is 5.38. The summed E-state index contributed by atoms with van der Waals surface area (Å²) in [6, 6.07) is 4.59. The van der Waals surface area contributed by atoms with Gasteiger partial charge < -0.3 is 9.47 Å². The van der Waals surface area contributed by atoms with Crippen molar-refractivity contribution in [1.29, 1.82) is 0 Å². The van der Waals surface area contributed by atoms with Crippen LogP contribution in [-0.2, 0) is 4.74 Å². The molecule has 0 amide bonds. The normalized spacial score (nSPS) is 10.7. The van der Waals surface area contributed by atoms with E-state index in [1.807, 2.05) is 13.8 Å².